The molecule has 3 aromatic rings. The van der Waals surface area contributed by atoms with Gasteiger partial charge >= 0.3 is 0 Å². The Hall–Kier alpha value is -4.70. The number of rotatable bonds is 11. The largest absolute Gasteiger partial charge is 0.482 e. The maximum atomic E-state index is 13.4. The molecule has 4 amide bonds. The van der Waals surface area contributed by atoms with Crippen molar-refractivity contribution >= 4 is 35.0 Å². The van der Waals surface area contributed by atoms with E-state index in [2.05, 4.69) is 16.0 Å². The Kier molecular flexibility index (Phi) is 8.59. The average Bonchev–Trinajstić information content (AvgIpc) is 3.83. The van der Waals surface area contributed by atoms with Gasteiger partial charge in [-0.1, -0.05) is 12.1 Å². The first kappa shape index (κ1) is 27.9. The van der Waals surface area contributed by atoms with E-state index in [0.717, 1.165) is 31.2 Å². The molecule has 0 bridgehead atoms. The van der Waals surface area contributed by atoms with Crippen molar-refractivity contribution < 1.29 is 23.9 Å². The Labute approximate surface area is 238 Å². The normalized spacial score (nSPS) is 13.8. The van der Waals surface area contributed by atoms with Crippen molar-refractivity contribution in [1.82, 2.24) is 10.2 Å². The molecule has 5 rings (SSSR count). The van der Waals surface area contributed by atoms with Crippen LogP contribution in [-0.2, 0) is 11.3 Å². The van der Waals surface area contributed by atoms with Gasteiger partial charge < -0.3 is 31.3 Å². The van der Waals surface area contributed by atoms with Crippen molar-refractivity contribution in [2.75, 3.05) is 30.3 Å². The Balaban J connectivity index is 1.18. The first-order valence-corrected chi connectivity index (χ1v) is 13.8. The predicted molar refractivity (Wildman–Crippen MR) is 155 cm³/mol. The zero-order valence-corrected chi connectivity index (χ0v) is 22.7. The lowest BCUT2D eigenvalue weighted by molar-refractivity contribution is -0.118. The van der Waals surface area contributed by atoms with E-state index in [1.165, 1.54) is 0 Å². The number of nitrogens with zero attached hydrogens (tertiary/aromatic N) is 1. The van der Waals surface area contributed by atoms with Crippen LogP contribution in [0.25, 0.3) is 0 Å². The first-order chi connectivity index (χ1) is 19.9. The Morgan fingerprint density at radius 2 is 1.59 bits per heavy atom. The van der Waals surface area contributed by atoms with Gasteiger partial charge in [-0.05, 0) is 92.4 Å². The number of benzene rings is 3. The Morgan fingerprint density at radius 3 is 2.29 bits per heavy atom. The summed E-state index contributed by atoms with van der Waals surface area (Å²) in [6.45, 7) is 1.51. The minimum absolute atomic E-state index is 0.0741. The van der Waals surface area contributed by atoms with E-state index in [1.807, 2.05) is 17.0 Å². The van der Waals surface area contributed by atoms with Gasteiger partial charge in [0, 0.05) is 41.5 Å². The quantitative estimate of drug-likeness (QED) is 0.267. The Morgan fingerprint density at radius 1 is 0.902 bits per heavy atom. The maximum absolute atomic E-state index is 13.4. The number of anilines is 2. The molecule has 1 fully saturated rings. The molecule has 0 saturated heterocycles. The number of amides is 4. The van der Waals surface area contributed by atoms with E-state index < -0.39 is 0 Å². The van der Waals surface area contributed by atoms with Crippen LogP contribution in [-0.4, -0.2) is 54.3 Å². The van der Waals surface area contributed by atoms with Gasteiger partial charge in [0.15, 0.2) is 6.61 Å². The van der Waals surface area contributed by atoms with Crippen LogP contribution in [0.15, 0.2) is 66.7 Å². The van der Waals surface area contributed by atoms with Crippen LogP contribution in [0.2, 0.25) is 0 Å². The minimum atomic E-state index is -0.271. The zero-order chi connectivity index (χ0) is 28.8. The number of ether oxygens (including phenoxy) is 1. The zero-order valence-electron chi connectivity index (χ0n) is 22.7. The van der Waals surface area contributed by atoms with Crippen LogP contribution in [0.1, 0.15) is 62.3 Å². The first-order valence-electron chi connectivity index (χ1n) is 13.8. The third kappa shape index (κ3) is 7.09. The molecule has 1 aliphatic carbocycles. The molecule has 5 N–H and O–H groups in total. The van der Waals surface area contributed by atoms with Gasteiger partial charge in [0.25, 0.3) is 23.6 Å². The number of carbonyl (C=O) groups is 4. The molecule has 1 saturated carbocycles. The molecule has 0 aromatic heterocycles. The SMILES string of the molecule is NCCCCNC(=O)c1ccc(NC(=O)c2ccc(CN(C(=O)c3ccc4c(c3)OCC(=O)N4)C3CC3)cc2)cc1. The fourth-order valence-electron chi connectivity index (χ4n) is 4.57. The third-order valence-corrected chi connectivity index (χ3v) is 7.00. The topological polar surface area (TPSA) is 143 Å². The van der Waals surface area contributed by atoms with E-state index in [-0.39, 0.29) is 36.3 Å². The number of hydrogen-bond acceptors (Lipinski definition) is 6. The van der Waals surface area contributed by atoms with Crippen LogP contribution in [0.3, 0.4) is 0 Å². The lowest BCUT2D eigenvalue weighted by Gasteiger charge is -2.24. The van der Waals surface area contributed by atoms with Crippen molar-refractivity contribution in [3.8, 4) is 5.75 Å². The highest BCUT2D eigenvalue weighted by atomic mass is 16.5. The summed E-state index contributed by atoms with van der Waals surface area (Å²) in [4.78, 5) is 51.8. The smallest absolute Gasteiger partial charge is 0.262 e. The molecule has 1 heterocycles. The molecule has 0 unspecified atom stereocenters. The van der Waals surface area contributed by atoms with Crippen LogP contribution in [0, 0.1) is 0 Å². The molecule has 1 aliphatic heterocycles. The van der Waals surface area contributed by atoms with Gasteiger partial charge in [0.2, 0.25) is 0 Å². The molecule has 0 atom stereocenters. The predicted octanol–water partition coefficient (Wildman–Crippen LogP) is 3.54. The maximum Gasteiger partial charge on any atom is 0.262 e. The van der Waals surface area contributed by atoms with Crippen molar-refractivity contribution in [2.45, 2.75) is 38.3 Å². The van der Waals surface area contributed by atoms with Gasteiger partial charge in [0.1, 0.15) is 5.75 Å². The number of carbonyl (C=O) groups excluding carboxylic acids is 4. The lowest BCUT2D eigenvalue weighted by Crippen LogP contribution is -2.33. The van der Waals surface area contributed by atoms with Crippen LogP contribution in [0.4, 0.5) is 11.4 Å². The summed E-state index contributed by atoms with van der Waals surface area (Å²) < 4.78 is 5.47. The Bertz CT molecular complexity index is 1430. The van der Waals surface area contributed by atoms with Gasteiger partial charge in [-0.25, -0.2) is 0 Å². The number of nitrogens with two attached hydrogens (primary N) is 1. The molecule has 0 spiro atoms. The fourth-order valence-corrected chi connectivity index (χ4v) is 4.57. The number of hydrogen-bond donors (Lipinski definition) is 4. The highest BCUT2D eigenvalue weighted by Gasteiger charge is 2.33. The van der Waals surface area contributed by atoms with Gasteiger partial charge in [-0.2, -0.15) is 0 Å². The third-order valence-electron chi connectivity index (χ3n) is 7.00. The number of nitrogens with one attached hydrogen (secondary N) is 3. The number of unbranched alkanes of at least 4 members (excludes halogenated alkanes) is 1. The molecule has 10 nitrogen and oxygen atoms in total. The standard InChI is InChI=1S/C31H33N5O5/c32-15-1-2-16-33-29(38)21-7-10-24(11-8-21)34-30(39)22-5-3-20(4-6-22)18-36(25-12-13-25)31(40)23-9-14-26-27(17-23)41-19-28(37)35-26/h3-11,14,17,25H,1-2,12-13,15-16,18-19,32H2,(H,33,38)(H,34,39)(H,35,37). The highest BCUT2D eigenvalue weighted by Crippen LogP contribution is 2.33. The monoisotopic (exact) mass is 555 g/mol. The summed E-state index contributed by atoms with van der Waals surface area (Å²) in [5, 5.41) is 8.44. The van der Waals surface area contributed by atoms with Crippen LogP contribution < -0.4 is 26.4 Å². The van der Waals surface area contributed by atoms with Crippen molar-refractivity contribution in [1.29, 1.82) is 0 Å². The van der Waals surface area contributed by atoms with Gasteiger partial charge in [-0.3, -0.25) is 19.2 Å². The number of fused-ring (bicyclic) bond motifs is 1. The van der Waals surface area contributed by atoms with E-state index >= 15 is 0 Å². The van der Waals surface area contributed by atoms with E-state index in [0.29, 0.717) is 53.4 Å². The average molecular weight is 556 g/mol. The molecule has 3 aromatic carbocycles. The second kappa shape index (κ2) is 12.6. The van der Waals surface area contributed by atoms with E-state index in [9.17, 15) is 19.2 Å². The van der Waals surface area contributed by atoms with E-state index in [4.69, 9.17) is 10.5 Å². The highest BCUT2D eigenvalue weighted by molar-refractivity contribution is 6.04. The lowest BCUT2D eigenvalue weighted by atomic mass is 10.1. The molecule has 10 heteroatoms. The van der Waals surface area contributed by atoms with Gasteiger partial charge in [-0.15, -0.1) is 0 Å². The summed E-state index contributed by atoms with van der Waals surface area (Å²) in [5.74, 6) is -0.280. The second-order valence-electron chi connectivity index (χ2n) is 10.2. The summed E-state index contributed by atoms with van der Waals surface area (Å²) >= 11 is 0. The molecular formula is C31H33N5O5. The summed E-state index contributed by atoms with van der Waals surface area (Å²) in [7, 11) is 0. The van der Waals surface area contributed by atoms with E-state index in [1.54, 1.807) is 54.6 Å². The van der Waals surface area contributed by atoms with Crippen molar-refractivity contribution in [2.24, 2.45) is 5.73 Å². The van der Waals surface area contributed by atoms with Crippen LogP contribution >= 0.6 is 0 Å². The molecule has 2 aliphatic rings. The van der Waals surface area contributed by atoms with Crippen LogP contribution in [0.5, 0.6) is 5.75 Å². The summed E-state index contributed by atoms with van der Waals surface area (Å²) in [6.07, 6.45) is 3.57. The second-order valence-corrected chi connectivity index (χ2v) is 10.2. The van der Waals surface area contributed by atoms with Gasteiger partial charge in [0.05, 0.1) is 5.69 Å². The molecule has 0 radical (unpaired) electrons. The molecule has 41 heavy (non-hydrogen) atoms. The molecular weight excluding hydrogens is 522 g/mol. The van der Waals surface area contributed by atoms with Crippen molar-refractivity contribution in [3.05, 3.63) is 89.0 Å². The minimum Gasteiger partial charge on any atom is -0.482 e. The molecule has 212 valence electrons. The summed E-state index contributed by atoms with van der Waals surface area (Å²) in [5.41, 5.74) is 9.01. The van der Waals surface area contributed by atoms with Crippen molar-refractivity contribution in [3.63, 3.8) is 0 Å². The summed E-state index contributed by atoms with van der Waals surface area (Å²) in [6, 6.07) is 19.1. The fraction of sp³-hybridized carbons (Fsp3) is 0.290.